The zero-order valence-corrected chi connectivity index (χ0v) is 69.6. The number of hydrogen-bond acceptors (Lipinski definition) is 13. The number of pyridine rings is 6. The second-order valence-corrected chi connectivity index (χ2v) is 25.3. The summed E-state index contributed by atoms with van der Waals surface area (Å²) < 4.78 is 5.72. The van der Waals surface area contributed by atoms with Crippen LogP contribution in [0, 0.1) is 18.2 Å². The van der Waals surface area contributed by atoms with Gasteiger partial charge in [0.1, 0.15) is 0 Å². The minimum absolute atomic E-state index is 0. The van der Waals surface area contributed by atoms with Gasteiger partial charge in [-0.15, -0.1) is 127 Å². The van der Waals surface area contributed by atoms with Crippen molar-refractivity contribution in [2.75, 3.05) is 19.8 Å². The Hall–Kier alpha value is -10.5. The van der Waals surface area contributed by atoms with Crippen LogP contribution in [0.25, 0.3) is 82.0 Å². The van der Waals surface area contributed by atoms with Gasteiger partial charge < -0.3 is 51.0 Å². The Morgan fingerprint density at radius 3 is 1.20 bits per heavy atom. The van der Waals surface area contributed by atoms with E-state index in [1.54, 1.807) is 6.20 Å². The molecule has 3 radical (unpaired) electrons. The molecule has 0 saturated heterocycles. The van der Waals surface area contributed by atoms with Crippen LogP contribution in [0.5, 0.6) is 5.75 Å². The van der Waals surface area contributed by atoms with Crippen LogP contribution in [-0.2, 0) is 99.7 Å². The van der Waals surface area contributed by atoms with E-state index in [0.717, 1.165) is 83.5 Å². The van der Waals surface area contributed by atoms with Crippen LogP contribution in [-0.4, -0.2) is 82.4 Å². The Labute approximate surface area is 685 Å². The van der Waals surface area contributed by atoms with Crippen molar-refractivity contribution in [2.45, 2.75) is 86.4 Å². The van der Waals surface area contributed by atoms with Gasteiger partial charge >= 0.3 is 0 Å². The molecule has 0 saturated carbocycles. The number of aromatic nitrogens is 6. The van der Waals surface area contributed by atoms with Gasteiger partial charge in [0, 0.05) is 139 Å². The summed E-state index contributed by atoms with van der Waals surface area (Å²) in [7, 11) is 0. The summed E-state index contributed by atoms with van der Waals surface area (Å²) >= 11 is 0. The van der Waals surface area contributed by atoms with Gasteiger partial charge in [-0.3, -0.25) is 29.3 Å². The van der Waals surface area contributed by atoms with Gasteiger partial charge in [-0.2, -0.15) is 0 Å². The van der Waals surface area contributed by atoms with Crippen LogP contribution in [0.15, 0.2) is 303 Å². The Bertz CT molecular complexity index is 4980. The Balaban J connectivity index is 0.000000258. The number of benzene rings is 7. The molecule has 0 aliphatic heterocycles. The fraction of sp³-hybridized carbons (Fsp3) is 0.176. The van der Waals surface area contributed by atoms with E-state index in [1.165, 1.54) is 76.1 Å². The number of hydrogen-bond donors (Lipinski definition) is 3. The number of rotatable bonds is 22. The van der Waals surface area contributed by atoms with Crippen molar-refractivity contribution in [3.63, 3.8) is 0 Å². The maximum atomic E-state index is 10.0. The summed E-state index contributed by atoms with van der Waals surface area (Å²) in [5.74, 6) is 0.587. The van der Waals surface area contributed by atoms with Crippen molar-refractivity contribution < 1.29 is 94.8 Å². The van der Waals surface area contributed by atoms with Gasteiger partial charge in [0.05, 0.1) is 17.3 Å². The number of ketones is 3. The molecule has 6 aromatic heterocycles. The molecule has 110 heavy (non-hydrogen) atoms. The van der Waals surface area contributed by atoms with Crippen molar-refractivity contribution in [1.29, 1.82) is 0 Å². The molecule has 1 unspecified atom stereocenters. The Morgan fingerprint density at radius 1 is 0.400 bits per heavy atom. The molecular weight excluding hydrogens is 1910 g/mol. The largest absolute Gasteiger partial charge is 0.657 e. The maximum Gasteiger partial charge on any atom is 0.155 e. The second-order valence-electron chi connectivity index (χ2n) is 25.3. The second kappa shape index (κ2) is 48.1. The minimum atomic E-state index is -0.125. The molecule has 6 heterocycles. The van der Waals surface area contributed by atoms with E-state index in [-0.39, 0.29) is 113 Å². The number of carbonyl (C=O) groups is 3. The monoisotopic (exact) mass is 2000 g/mol. The van der Waals surface area contributed by atoms with Crippen molar-refractivity contribution in [3.8, 4) is 39.5 Å². The van der Waals surface area contributed by atoms with Crippen LogP contribution in [0.1, 0.15) is 95.1 Å². The van der Waals surface area contributed by atoms with Crippen molar-refractivity contribution in [3.05, 3.63) is 371 Å². The third-order valence-electron chi connectivity index (χ3n) is 15.8. The van der Waals surface area contributed by atoms with E-state index in [4.69, 9.17) is 30.7 Å². The summed E-state index contributed by atoms with van der Waals surface area (Å²) in [6.45, 7) is 16.4. The molecule has 0 amide bonds. The summed E-state index contributed by atoms with van der Waals surface area (Å²) in [5, 5.41) is 46.0. The molecule has 13 aromatic rings. The fourth-order valence-corrected chi connectivity index (χ4v) is 11.0. The Kier molecular flexibility index (Phi) is 39.4. The molecule has 0 fully saturated rings. The molecule has 19 heteroatoms. The van der Waals surface area contributed by atoms with Crippen LogP contribution in [0.4, 0.5) is 0 Å². The summed E-state index contributed by atoms with van der Waals surface area (Å²) in [4.78, 5) is 56.9. The fourth-order valence-electron chi connectivity index (χ4n) is 11.0. The van der Waals surface area contributed by atoms with E-state index < -0.39 is 0 Å². The molecule has 0 bridgehead atoms. The first kappa shape index (κ1) is 90.1. The van der Waals surface area contributed by atoms with Crippen LogP contribution in [0.2, 0.25) is 0 Å². The third-order valence-corrected chi connectivity index (χ3v) is 15.8. The van der Waals surface area contributed by atoms with Crippen molar-refractivity contribution in [2.24, 2.45) is 0 Å². The SMILES string of the molecule is CC(=O)C=C(C)O.CC(=O)C=C(C)O.CC(=O)C=C(C)O.CC(C)(C[N-]Cc1ccccn1)c1[c-]c(-c2nccc3ccccc23)ccc1.[Ir].[Ir].[Ir].[c-]1c(-c2nccc3ccccc23)cccc1C(C[N-]Cc1ccccn1)c1ccccc1.[c-]1c(OC[N-]Cc2ccccn2)cccc1-c1nccc2ccccc12. The number of carbonyl (C=O) groups excluding carboxylic acids is 3. The number of nitrogens with zero attached hydrogens (tertiary/aromatic N) is 9. The molecule has 0 aliphatic rings. The van der Waals surface area contributed by atoms with Gasteiger partial charge in [-0.1, -0.05) is 141 Å². The maximum absolute atomic E-state index is 10.0. The topological polar surface area (TPSA) is 241 Å². The number of allylic oxidation sites excluding steroid dienone is 6. The molecule has 0 spiro atoms. The normalized spacial score (nSPS) is 11.2. The molecule has 1 atom stereocenters. The van der Waals surface area contributed by atoms with Crippen molar-refractivity contribution >= 4 is 49.7 Å². The van der Waals surface area contributed by atoms with Crippen molar-refractivity contribution in [1.82, 2.24) is 29.9 Å². The molecular formula is C91H87Ir3N9O7-6. The molecule has 0 aliphatic carbocycles. The summed E-state index contributed by atoms with van der Waals surface area (Å²) in [6, 6.07) is 88.2. The number of aliphatic hydroxyl groups is 3. The first-order valence-corrected chi connectivity index (χ1v) is 34.8. The number of fused-ring (bicyclic) bond motifs is 3. The van der Waals surface area contributed by atoms with Crippen LogP contribution in [0.3, 0.4) is 0 Å². The van der Waals surface area contributed by atoms with E-state index in [1.807, 2.05) is 140 Å². The van der Waals surface area contributed by atoms with Crippen LogP contribution < -0.4 is 4.74 Å². The first-order chi connectivity index (χ1) is 51.8. The zero-order valence-electron chi connectivity index (χ0n) is 62.5. The molecule has 571 valence electrons. The summed E-state index contributed by atoms with van der Waals surface area (Å²) in [6.07, 6.45) is 14.4. The predicted octanol–water partition coefficient (Wildman–Crippen LogP) is 20.9. The average molecular weight is 2000 g/mol. The van der Waals surface area contributed by atoms with E-state index in [2.05, 4.69) is 189 Å². The van der Waals surface area contributed by atoms with Gasteiger partial charge in [-0.05, 0) is 169 Å². The van der Waals surface area contributed by atoms with E-state index >= 15 is 0 Å². The quantitative estimate of drug-likeness (QED) is 0.0248. The Morgan fingerprint density at radius 2 is 0.782 bits per heavy atom. The molecule has 16 nitrogen and oxygen atoms in total. The van der Waals surface area contributed by atoms with Gasteiger partial charge in [-0.25, -0.2) is 0 Å². The van der Waals surface area contributed by atoms with Gasteiger partial charge in [0.25, 0.3) is 0 Å². The standard InChI is InChI=1S/C29H23N3.C25H23N3.C22H17N3O.3C5H8O2.3Ir/c1-2-9-22(10-3-1)28(21-30-20-26-14-6-7-17-31-26)24-12-8-13-25(19-24)29-27-15-5-4-11-23(27)16-18-32-29;1-25(2,18-26-17-22-11-5-6-14-27-22)21-10-7-9-20(16-21)24-23-12-4-3-8-19(23)13-15-28-24;1-2-10-21-17(6-1)11-13-25-22(21)18-7-5-9-20(14-18)26-16-23-15-19-8-3-4-12-24-19;3*1-4(6)3-5(2)7;;;/h1-18,28H,20-21H2;3-15H,17-18H2,1-2H3;1-13H,15-16H2;3*3,6H,1-2H3;;;/q3*-2;;;;;;. The molecule has 7 aromatic carbocycles. The number of ether oxygens (including phenoxy) is 1. The smallest absolute Gasteiger partial charge is 0.155 e. The number of aliphatic hydroxyl groups excluding tert-OH is 3. The first-order valence-electron chi connectivity index (χ1n) is 34.8. The summed E-state index contributed by atoms with van der Waals surface area (Å²) in [5.41, 5.74) is 12.1. The van der Waals surface area contributed by atoms with E-state index in [0.29, 0.717) is 38.5 Å². The van der Waals surface area contributed by atoms with E-state index in [9.17, 15) is 14.4 Å². The van der Waals surface area contributed by atoms with Crippen LogP contribution >= 0.6 is 0 Å². The predicted molar refractivity (Wildman–Crippen MR) is 430 cm³/mol. The average Bonchev–Trinajstić information content (AvgIpc) is 0.810. The molecule has 3 N–H and O–H groups in total. The zero-order chi connectivity index (χ0) is 76.2. The third kappa shape index (κ3) is 30.5. The molecule has 13 rings (SSSR count). The minimum Gasteiger partial charge on any atom is -0.657 e. The van der Waals surface area contributed by atoms with Gasteiger partial charge in [0.15, 0.2) is 17.3 Å². The van der Waals surface area contributed by atoms with Gasteiger partial charge in [0.2, 0.25) is 0 Å².